The lowest BCUT2D eigenvalue weighted by Crippen LogP contribution is -2.28. The third kappa shape index (κ3) is 4.46. The normalized spacial score (nSPS) is 10.7. The summed E-state index contributed by atoms with van der Waals surface area (Å²) in [7, 11) is 3.18. The van der Waals surface area contributed by atoms with Crippen molar-refractivity contribution in [2.45, 2.75) is 6.92 Å². The number of fused-ring (bicyclic) bond motifs is 1. The van der Waals surface area contributed by atoms with E-state index in [0.717, 1.165) is 5.56 Å². The van der Waals surface area contributed by atoms with E-state index in [4.69, 9.17) is 14.2 Å². The fraction of sp³-hybridized carbons (Fsp3) is 0.217. The number of rotatable bonds is 8. The van der Waals surface area contributed by atoms with Crippen LogP contribution in [0.3, 0.4) is 0 Å². The third-order valence-corrected chi connectivity index (χ3v) is 4.80. The van der Waals surface area contributed by atoms with Gasteiger partial charge >= 0.3 is 0 Å². The molecular weight excluding hydrogens is 410 g/mol. The van der Waals surface area contributed by atoms with Gasteiger partial charge in [-0.3, -0.25) is 4.79 Å². The molecule has 0 saturated heterocycles. The Kier molecular flexibility index (Phi) is 6.16. The summed E-state index contributed by atoms with van der Waals surface area (Å²) in [6.07, 6.45) is 0. The second-order valence-corrected chi connectivity index (χ2v) is 7.01. The smallest absolute Gasteiger partial charge is 0.251 e. The molecule has 0 aliphatic rings. The van der Waals surface area contributed by atoms with Gasteiger partial charge < -0.3 is 19.5 Å². The van der Waals surface area contributed by atoms with E-state index < -0.39 is 0 Å². The summed E-state index contributed by atoms with van der Waals surface area (Å²) < 4.78 is 18.1. The van der Waals surface area contributed by atoms with Crippen molar-refractivity contribution in [2.24, 2.45) is 0 Å². The number of hydrogen-bond donors (Lipinski definition) is 1. The molecule has 0 aliphatic carbocycles. The Labute approximate surface area is 185 Å². The molecule has 9 heteroatoms. The third-order valence-electron chi connectivity index (χ3n) is 4.80. The number of aryl methyl sites for hydroxylation is 1. The van der Waals surface area contributed by atoms with Gasteiger partial charge in [-0.15, -0.1) is 15.3 Å². The number of amides is 1. The molecule has 0 atom stereocenters. The van der Waals surface area contributed by atoms with Gasteiger partial charge in [-0.2, -0.15) is 4.52 Å². The molecule has 0 aliphatic heterocycles. The van der Waals surface area contributed by atoms with Crippen LogP contribution in [0.4, 0.5) is 0 Å². The van der Waals surface area contributed by atoms with Crippen molar-refractivity contribution in [1.29, 1.82) is 0 Å². The van der Waals surface area contributed by atoms with Crippen LogP contribution in [0.15, 0.2) is 54.6 Å². The van der Waals surface area contributed by atoms with Crippen molar-refractivity contribution >= 4 is 11.6 Å². The number of hydrogen-bond acceptors (Lipinski definition) is 7. The van der Waals surface area contributed by atoms with Crippen LogP contribution in [0.5, 0.6) is 17.4 Å². The molecule has 4 rings (SSSR count). The minimum absolute atomic E-state index is 0.146. The molecule has 4 aromatic rings. The Morgan fingerprint density at radius 2 is 1.91 bits per heavy atom. The molecule has 164 valence electrons. The fourth-order valence-electron chi connectivity index (χ4n) is 3.21. The highest BCUT2D eigenvalue weighted by Gasteiger charge is 2.16. The van der Waals surface area contributed by atoms with E-state index in [1.165, 1.54) is 0 Å². The number of ether oxygens (including phenoxy) is 3. The number of methoxy groups -OCH3 is 2. The summed E-state index contributed by atoms with van der Waals surface area (Å²) in [5.74, 6) is 2.01. The van der Waals surface area contributed by atoms with E-state index in [2.05, 4.69) is 20.6 Å². The number of carbonyl (C=O) groups is 1. The van der Waals surface area contributed by atoms with Gasteiger partial charge in [0, 0.05) is 11.6 Å². The van der Waals surface area contributed by atoms with Crippen LogP contribution in [0.1, 0.15) is 15.9 Å². The lowest BCUT2D eigenvalue weighted by molar-refractivity contribution is 0.0946. The van der Waals surface area contributed by atoms with Crippen LogP contribution in [0.2, 0.25) is 0 Å². The van der Waals surface area contributed by atoms with Crippen molar-refractivity contribution < 1.29 is 19.0 Å². The topological polar surface area (TPSA) is 99.9 Å². The van der Waals surface area contributed by atoms with E-state index in [9.17, 15) is 4.79 Å². The Morgan fingerprint density at radius 1 is 1.03 bits per heavy atom. The van der Waals surface area contributed by atoms with E-state index >= 15 is 0 Å². The van der Waals surface area contributed by atoms with Crippen LogP contribution >= 0.6 is 0 Å². The molecule has 0 radical (unpaired) electrons. The van der Waals surface area contributed by atoms with Crippen molar-refractivity contribution in [3.05, 3.63) is 65.7 Å². The monoisotopic (exact) mass is 433 g/mol. The number of carbonyl (C=O) groups excluding carboxylic acids is 1. The molecule has 32 heavy (non-hydrogen) atoms. The van der Waals surface area contributed by atoms with Gasteiger partial charge in [-0.1, -0.05) is 17.7 Å². The first-order valence-corrected chi connectivity index (χ1v) is 10.0. The van der Waals surface area contributed by atoms with Gasteiger partial charge in [0.15, 0.2) is 11.5 Å². The first-order valence-electron chi connectivity index (χ1n) is 10.0. The average molecular weight is 433 g/mol. The number of benzene rings is 2. The lowest BCUT2D eigenvalue weighted by Gasteiger charge is -2.10. The van der Waals surface area contributed by atoms with Gasteiger partial charge in [-0.25, -0.2) is 0 Å². The summed E-state index contributed by atoms with van der Waals surface area (Å²) in [5.41, 5.74) is 2.90. The minimum Gasteiger partial charge on any atom is -0.497 e. The highest BCUT2D eigenvalue weighted by Crippen LogP contribution is 2.32. The molecule has 2 aromatic heterocycles. The van der Waals surface area contributed by atoms with Crippen LogP contribution < -0.4 is 19.5 Å². The Bertz CT molecular complexity index is 1250. The highest BCUT2D eigenvalue weighted by molar-refractivity contribution is 5.94. The zero-order chi connectivity index (χ0) is 22.5. The SMILES string of the molecule is COc1ccc(OC)c(-c2nnc3ccc(OCCNC(=O)c4cccc(C)c4)nn23)c1. The van der Waals surface area contributed by atoms with Gasteiger partial charge in [0.25, 0.3) is 5.91 Å². The molecule has 1 amide bonds. The van der Waals surface area contributed by atoms with E-state index in [1.54, 1.807) is 49.1 Å². The fourth-order valence-corrected chi connectivity index (χ4v) is 3.21. The van der Waals surface area contributed by atoms with E-state index in [1.807, 2.05) is 31.2 Å². The first kappa shape index (κ1) is 21.1. The molecule has 0 saturated carbocycles. The second-order valence-electron chi connectivity index (χ2n) is 7.01. The molecule has 0 spiro atoms. The predicted octanol–water partition coefficient (Wildman–Crippen LogP) is 2.93. The van der Waals surface area contributed by atoms with Crippen molar-refractivity contribution in [3.8, 4) is 28.8 Å². The Balaban J connectivity index is 1.47. The lowest BCUT2D eigenvalue weighted by atomic mass is 10.1. The average Bonchev–Trinajstić information content (AvgIpc) is 3.24. The van der Waals surface area contributed by atoms with Gasteiger partial charge in [0.2, 0.25) is 5.88 Å². The van der Waals surface area contributed by atoms with Crippen molar-refractivity contribution in [2.75, 3.05) is 27.4 Å². The Morgan fingerprint density at radius 3 is 2.69 bits per heavy atom. The van der Waals surface area contributed by atoms with E-state index in [-0.39, 0.29) is 12.5 Å². The zero-order valence-corrected chi connectivity index (χ0v) is 18.0. The molecule has 0 unspecified atom stereocenters. The van der Waals surface area contributed by atoms with Crippen LogP contribution in [-0.4, -0.2) is 53.1 Å². The molecule has 2 heterocycles. The van der Waals surface area contributed by atoms with Crippen LogP contribution in [0.25, 0.3) is 17.0 Å². The largest absolute Gasteiger partial charge is 0.497 e. The minimum atomic E-state index is -0.146. The number of aromatic nitrogens is 4. The zero-order valence-electron chi connectivity index (χ0n) is 18.0. The first-order chi connectivity index (χ1) is 15.6. The van der Waals surface area contributed by atoms with E-state index in [0.29, 0.717) is 46.5 Å². The second kappa shape index (κ2) is 9.34. The van der Waals surface area contributed by atoms with Gasteiger partial charge in [0.05, 0.1) is 26.3 Å². The molecule has 0 fully saturated rings. The highest BCUT2D eigenvalue weighted by atomic mass is 16.5. The van der Waals surface area contributed by atoms with Gasteiger partial charge in [0.1, 0.15) is 18.1 Å². The summed E-state index contributed by atoms with van der Waals surface area (Å²) in [6.45, 7) is 2.54. The maximum Gasteiger partial charge on any atom is 0.251 e. The maximum absolute atomic E-state index is 12.2. The predicted molar refractivity (Wildman–Crippen MR) is 118 cm³/mol. The summed E-state index contributed by atoms with van der Waals surface area (Å²) in [6, 6.07) is 16.3. The number of nitrogens with zero attached hydrogens (tertiary/aromatic N) is 4. The molecule has 2 aromatic carbocycles. The molecule has 1 N–H and O–H groups in total. The van der Waals surface area contributed by atoms with Crippen molar-refractivity contribution in [3.63, 3.8) is 0 Å². The maximum atomic E-state index is 12.2. The summed E-state index contributed by atoms with van der Waals surface area (Å²) in [5, 5.41) is 15.8. The van der Waals surface area contributed by atoms with Crippen LogP contribution in [0, 0.1) is 6.92 Å². The molecular formula is C23H23N5O4. The summed E-state index contributed by atoms with van der Waals surface area (Å²) in [4.78, 5) is 12.2. The molecule has 9 nitrogen and oxygen atoms in total. The molecule has 0 bridgehead atoms. The summed E-state index contributed by atoms with van der Waals surface area (Å²) >= 11 is 0. The Hall–Kier alpha value is -4.14. The van der Waals surface area contributed by atoms with Crippen LogP contribution in [-0.2, 0) is 0 Å². The standard InChI is InChI=1S/C23H23N5O4/c1-15-5-4-6-16(13-15)23(29)24-11-12-32-21-10-9-20-25-26-22(28(20)27-21)18-14-17(30-2)7-8-19(18)31-3/h4-10,13-14H,11-12H2,1-3H3,(H,24,29). The van der Waals surface area contributed by atoms with Crippen molar-refractivity contribution in [1.82, 2.24) is 25.1 Å². The quantitative estimate of drug-likeness (QED) is 0.427. The van der Waals surface area contributed by atoms with Gasteiger partial charge in [-0.05, 0) is 43.3 Å². The number of nitrogens with one attached hydrogen (secondary N) is 1.